The molecule has 2 aromatic heterocycles. The van der Waals surface area contributed by atoms with Gasteiger partial charge in [0.1, 0.15) is 10.6 Å². The van der Waals surface area contributed by atoms with E-state index in [0.29, 0.717) is 6.54 Å². The average molecular weight is 312 g/mol. The minimum Gasteiger partial charge on any atom is -0.388 e. The summed E-state index contributed by atoms with van der Waals surface area (Å²) in [6, 6.07) is 2.15. The Balaban J connectivity index is 2.07. The summed E-state index contributed by atoms with van der Waals surface area (Å²) in [5.74, 6) is 0.857. The number of nitrogens with zero attached hydrogens (tertiary/aromatic N) is 3. The van der Waals surface area contributed by atoms with E-state index in [1.165, 1.54) is 4.88 Å². The number of piperidine rings is 1. The topological polar surface area (TPSA) is 49.2 Å². The molecular weight excluding hydrogens is 294 g/mol. The fourth-order valence-corrected chi connectivity index (χ4v) is 3.92. The second kappa shape index (κ2) is 5.13. The number of thiophene rings is 1. The number of hydrogen-bond acceptors (Lipinski definition) is 5. The molecule has 4 nitrogen and oxygen atoms in total. The summed E-state index contributed by atoms with van der Waals surface area (Å²) in [4.78, 5) is 13.1. The molecule has 3 heterocycles. The maximum Gasteiger partial charge on any atom is 0.225 e. The molecule has 2 aromatic rings. The highest BCUT2D eigenvalue weighted by molar-refractivity contribution is 7.18. The van der Waals surface area contributed by atoms with Crippen molar-refractivity contribution in [1.29, 1.82) is 0 Å². The lowest BCUT2D eigenvalue weighted by Crippen LogP contribution is -2.46. The molecule has 0 saturated carbocycles. The maximum absolute atomic E-state index is 10.3. The zero-order valence-electron chi connectivity index (χ0n) is 11.7. The predicted octanol–water partition coefficient (Wildman–Crippen LogP) is 3.26. The Bertz CT molecular complexity index is 641. The number of β-amino-alcohol motifs (C(OH)–C–C–N with tert-alkyl or cyclic N) is 1. The summed E-state index contributed by atoms with van der Waals surface area (Å²) in [7, 11) is 0. The van der Waals surface area contributed by atoms with Gasteiger partial charge in [-0.3, -0.25) is 0 Å². The predicted molar refractivity (Wildman–Crippen MR) is 83.9 cm³/mol. The van der Waals surface area contributed by atoms with Crippen molar-refractivity contribution in [2.75, 3.05) is 18.0 Å². The highest BCUT2D eigenvalue weighted by atomic mass is 35.5. The fraction of sp³-hybridized carbons (Fsp3) is 0.571. The van der Waals surface area contributed by atoms with Gasteiger partial charge in [-0.25, -0.2) is 4.98 Å². The molecule has 0 spiro atoms. The van der Waals surface area contributed by atoms with Crippen LogP contribution < -0.4 is 4.90 Å². The highest BCUT2D eigenvalue weighted by Crippen LogP contribution is 2.34. The maximum atomic E-state index is 10.3. The molecule has 1 atom stereocenters. The van der Waals surface area contributed by atoms with Crippen molar-refractivity contribution in [3.05, 3.63) is 16.2 Å². The summed E-state index contributed by atoms with van der Waals surface area (Å²) >= 11 is 7.73. The molecule has 0 bridgehead atoms. The summed E-state index contributed by atoms with van der Waals surface area (Å²) in [5.41, 5.74) is -0.661. The third kappa shape index (κ3) is 2.62. The number of aromatic nitrogens is 2. The van der Waals surface area contributed by atoms with Crippen LogP contribution in [-0.4, -0.2) is 33.8 Å². The van der Waals surface area contributed by atoms with Crippen LogP contribution in [0.5, 0.6) is 0 Å². The van der Waals surface area contributed by atoms with Gasteiger partial charge in [0.25, 0.3) is 0 Å². The van der Waals surface area contributed by atoms with Gasteiger partial charge in [0, 0.05) is 18.0 Å². The molecule has 1 aliphatic heterocycles. The second-order valence-electron chi connectivity index (χ2n) is 5.62. The second-order valence-corrected chi connectivity index (χ2v) is 7.08. The van der Waals surface area contributed by atoms with E-state index in [1.54, 1.807) is 11.3 Å². The molecule has 108 valence electrons. The van der Waals surface area contributed by atoms with Gasteiger partial charge in [-0.15, -0.1) is 11.3 Å². The molecule has 1 fully saturated rings. The minimum absolute atomic E-state index is 0.280. The number of aryl methyl sites for hydroxylation is 1. The summed E-state index contributed by atoms with van der Waals surface area (Å²) in [6.45, 7) is 5.50. The molecule has 3 rings (SSSR count). The Hall–Kier alpha value is -0.910. The molecule has 20 heavy (non-hydrogen) atoms. The monoisotopic (exact) mass is 311 g/mol. The number of rotatable bonds is 2. The van der Waals surface area contributed by atoms with Gasteiger partial charge in [-0.2, -0.15) is 4.98 Å². The Morgan fingerprint density at radius 2 is 2.30 bits per heavy atom. The zero-order chi connectivity index (χ0) is 14.3. The van der Waals surface area contributed by atoms with Crippen molar-refractivity contribution >= 4 is 39.0 Å². The van der Waals surface area contributed by atoms with E-state index in [4.69, 9.17) is 11.6 Å². The first-order valence-corrected chi connectivity index (χ1v) is 8.11. The van der Waals surface area contributed by atoms with Gasteiger partial charge >= 0.3 is 0 Å². The van der Waals surface area contributed by atoms with E-state index in [2.05, 4.69) is 27.9 Å². The lowest BCUT2D eigenvalue weighted by atomic mass is 9.95. The highest BCUT2D eigenvalue weighted by Gasteiger charge is 2.30. The van der Waals surface area contributed by atoms with E-state index >= 15 is 0 Å². The summed E-state index contributed by atoms with van der Waals surface area (Å²) in [6.07, 6.45) is 2.77. The number of hydrogen-bond donors (Lipinski definition) is 1. The average Bonchev–Trinajstić information content (AvgIpc) is 2.79. The van der Waals surface area contributed by atoms with Crippen LogP contribution >= 0.6 is 22.9 Å². The van der Waals surface area contributed by atoms with Crippen LogP contribution in [-0.2, 0) is 6.42 Å². The standard InChI is InChI=1S/C14H18ClN3OS/c1-3-9-7-10-11(16-13(15)17-12(10)20-9)18-6-4-5-14(2,19)8-18/h7,19H,3-6,8H2,1-2H3. The third-order valence-electron chi connectivity index (χ3n) is 3.72. The van der Waals surface area contributed by atoms with Gasteiger partial charge in [-0.05, 0) is 43.9 Å². The molecule has 0 aliphatic carbocycles. The summed E-state index contributed by atoms with van der Waals surface area (Å²) in [5, 5.41) is 11.6. The van der Waals surface area contributed by atoms with Crippen molar-refractivity contribution in [1.82, 2.24) is 9.97 Å². The fourth-order valence-electron chi connectivity index (χ4n) is 2.75. The Morgan fingerprint density at radius 1 is 1.50 bits per heavy atom. The zero-order valence-corrected chi connectivity index (χ0v) is 13.3. The van der Waals surface area contributed by atoms with Gasteiger partial charge in [0.05, 0.1) is 11.0 Å². The molecular formula is C14H18ClN3OS. The minimum atomic E-state index is -0.661. The van der Waals surface area contributed by atoms with Crippen molar-refractivity contribution in [3.63, 3.8) is 0 Å². The largest absolute Gasteiger partial charge is 0.388 e. The quantitative estimate of drug-likeness (QED) is 0.865. The van der Waals surface area contributed by atoms with Gasteiger partial charge in [-0.1, -0.05) is 6.92 Å². The first-order chi connectivity index (χ1) is 9.48. The molecule has 1 aliphatic rings. The Morgan fingerprint density at radius 3 is 3.00 bits per heavy atom. The van der Waals surface area contributed by atoms with E-state index in [9.17, 15) is 5.11 Å². The van der Waals surface area contributed by atoms with Crippen LogP contribution in [0.25, 0.3) is 10.2 Å². The van der Waals surface area contributed by atoms with Crippen molar-refractivity contribution in [3.8, 4) is 0 Å². The number of fused-ring (bicyclic) bond motifs is 1. The SMILES string of the molecule is CCc1cc2c(N3CCCC(C)(O)C3)nc(Cl)nc2s1. The number of aliphatic hydroxyl groups is 1. The van der Waals surface area contributed by atoms with Crippen LogP contribution in [0.4, 0.5) is 5.82 Å². The van der Waals surface area contributed by atoms with Crippen LogP contribution in [0.1, 0.15) is 31.6 Å². The van der Waals surface area contributed by atoms with Gasteiger partial charge < -0.3 is 10.0 Å². The lowest BCUT2D eigenvalue weighted by molar-refractivity contribution is 0.0448. The third-order valence-corrected chi connectivity index (χ3v) is 5.06. The van der Waals surface area contributed by atoms with Crippen LogP contribution in [0.3, 0.4) is 0 Å². The molecule has 0 aromatic carbocycles. The first kappa shape index (κ1) is 14.0. The molecule has 1 saturated heterocycles. The Labute approximate surface area is 127 Å². The van der Waals surface area contributed by atoms with Gasteiger partial charge in [0.2, 0.25) is 5.28 Å². The van der Waals surface area contributed by atoms with Crippen LogP contribution in [0.2, 0.25) is 5.28 Å². The first-order valence-electron chi connectivity index (χ1n) is 6.92. The lowest BCUT2D eigenvalue weighted by Gasteiger charge is -2.37. The molecule has 6 heteroatoms. The van der Waals surface area contributed by atoms with E-state index < -0.39 is 5.60 Å². The van der Waals surface area contributed by atoms with E-state index in [0.717, 1.165) is 41.8 Å². The molecule has 0 amide bonds. The number of halogens is 1. The molecule has 1 N–H and O–H groups in total. The Kier molecular flexibility index (Phi) is 3.60. The smallest absolute Gasteiger partial charge is 0.225 e. The van der Waals surface area contributed by atoms with Crippen LogP contribution in [0, 0.1) is 0 Å². The van der Waals surface area contributed by atoms with Crippen molar-refractivity contribution in [2.45, 2.75) is 38.7 Å². The van der Waals surface area contributed by atoms with Crippen molar-refractivity contribution < 1.29 is 5.11 Å². The number of anilines is 1. The molecule has 0 radical (unpaired) electrons. The van der Waals surface area contributed by atoms with Gasteiger partial charge in [0.15, 0.2) is 0 Å². The van der Waals surface area contributed by atoms with Crippen molar-refractivity contribution in [2.24, 2.45) is 0 Å². The normalized spacial score (nSPS) is 23.5. The van der Waals surface area contributed by atoms with E-state index in [1.807, 2.05) is 6.92 Å². The van der Waals surface area contributed by atoms with Crippen LogP contribution in [0.15, 0.2) is 6.07 Å². The molecule has 1 unspecified atom stereocenters. The van der Waals surface area contributed by atoms with E-state index in [-0.39, 0.29) is 5.28 Å². The summed E-state index contributed by atoms with van der Waals surface area (Å²) < 4.78 is 0.